The van der Waals surface area contributed by atoms with Crippen LogP contribution in [0.25, 0.3) is 0 Å². The van der Waals surface area contributed by atoms with Crippen molar-refractivity contribution in [1.82, 2.24) is 9.62 Å². The Hall–Kier alpha value is -0.910. The fraction of sp³-hybridized carbons (Fsp3) is 0.571. The number of piperidine rings is 1. The van der Waals surface area contributed by atoms with Crippen LogP contribution in [-0.4, -0.2) is 38.9 Å². The van der Waals surface area contributed by atoms with Gasteiger partial charge in [0.05, 0.1) is 5.75 Å². The van der Waals surface area contributed by atoms with Crippen molar-refractivity contribution in [2.24, 2.45) is 0 Å². The van der Waals surface area contributed by atoms with Crippen LogP contribution in [0.1, 0.15) is 24.0 Å². The van der Waals surface area contributed by atoms with Crippen LogP contribution < -0.4 is 5.32 Å². The number of sulfonamides is 1. The molecule has 1 aliphatic heterocycles. The summed E-state index contributed by atoms with van der Waals surface area (Å²) in [4.78, 5) is 0. The lowest BCUT2D eigenvalue weighted by atomic mass is 10.1. The highest BCUT2D eigenvalue weighted by atomic mass is 32.2. The van der Waals surface area contributed by atoms with Crippen LogP contribution in [0.4, 0.5) is 0 Å². The fourth-order valence-corrected chi connectivity index (χ4v) is 3.92. The van der Waals surface area contributed by atoms with Crippen molar-refractivity contribution >= 4 is 10.0 Å². The van der Waals surface area contributed by atoms with Gasteiger partial charge in [0.2, 0.25) is 10.0 Å². The third kappa shape index (κ3) is 3.78. The van der Waals surface area contributed by atoms with E-state index in [0.717, 1.165) is 37.1 Å². The highest BCUT2D eigenvalue weighted by Gasteiger charge is 2.27. The van der Waals surface area contributed by atoms with Crippen LogP contribution >= 0.6 is 0 Å². The van der Waals surface area contributed by atoms with E-state index in [-0.39, 0.29) is 11.8 Å². The SMILES string of the molecule is Cc1cccc(CS(=O)(=O)N(C)C2CCCNC2)c1. The summed E-state index contributed by atoms with van der Waals surface area (Å²) in [7, 11) is -1.54. The molecule has 0 amide bonds. The first kappa shape index (κ1) is 14.5. The maximum absolute atomic E-state index is 12.4. The molecule has 1 atom stereocenters. The standard InChI is InChI=1S/C14H22N2O2S/c1-12-5-3-6-13(9-12)11-19(17,18)16(2)14-7-4-8-15-10-14/h3,5-6,9,14-15H,4,7-8,10-11H2,1-2H3. The second-order valence-electron chi connectivity index (χ2n) is 5.26. The molecular formula is C14H22N2O2S. The zero-order chi connectivity index (χ0) is 13.9. The summed E-state index contributed by atoms with van der Waals surface area (Å²) in [6, 6.07) is 7.78. The summed E-state index contributed by atoms with van der Waals surface area (Å²) >= 11 is 0. The summed E-state index contributed by atoms with van der Waals surface area (Å²) in [5.41, 5.74) is 1.95. The summed E-state index contributed by atoms with van der Waals surface area (Å²) in [6.45, 7) is 3.72. The molecule has 0 aliphatic carbocycles. The number of hydrogen-bond donors (Lipinski definition) is 1. The second kappa shape index (κ2) is 6.03. The van der Waals surface area contributed by atoms with Crippen LogP contribution in [-0.2, 0) is 15.8 Å². The van der Waals surface area contributed by atoms with Gasteiger partial charge in [-0.3, -0.25) is 0 Å². The predicted octanol–water partition coefficient (Wildman–Crippen LogP) is 1.51. The van der Waals surface area contributed by atoms with Crippen molar-refractivity contribution in [1.29, 1.82) is 0 Å². The molecule has 1 saturated heterocycles. The number of hydrogen-bond acceptors (Lipinski definition) is 3. The van der Waals surface area contributed by atoms with E-state index in [1.165, 1.54) is 0 Å². The van der Waals surface area contributed by atoms with Gasteiger partial charge in [0.25, 0.3) is 0 Å². The largest absolute Gasteiger partial charge is 0.315 e. The Morgan fingerprint density at radius 1 is 1.42 bits per heavy atom. The van der Waals surface area contributed by atoms with Crippen LogP contribution in [0.5, 0.6) is 0 Å². The van der Waals surface area contributed by atoms with Crippen LogP contribution in [0.2, 0.25) is 0 Å². The van der Waals surface area contributed by atoms with E-state index in [0.29, 0.717) is 0 Å². The molecule has 0 radical (unpaired) electrons. The highest BCUT2D eigenvalue weighted by molar-refractivity contribution is 7.88. The van der Waals surface area contributed by atoms with Gasteiger partial charge < -0.3 is 5.32 Å². The van der Waals surface area contributed by atoms with E-state index in [1.54, 1.807) is 11.4 Å². The summed E-state index contributed by atoms with van der Waals surface area (Å²) in [5.74, 6) is 0.0850. The van der Waals surface area contributed by atoms with Gasteiger partial charge in [-0.1, -0.05) is 29.8 Å². The number of aryl methyl sites for hydroxylation is 1. The maximum Gasteiger partial charge on any atom is 0.218 e. The van der Waals surface area contributed by atoms with E-state index in [1.807, 2.05) is 31.2 Å². The Labute approximate surface area is 115 Å². The van der Waals surface area contributed by atoms with Crippen molar-refractivity contribution in [3.63, 3.8) is 0 Å². The molecule has 1 aromatic carbocycles. The van der Waals surface area contributed by atoms with Gasteiger partial charge in [0.1, 0.15) is 0 Å². The smallest absolute Gasteiger partial charge is 0.218 e. The molecule has 1 aromatic rings. The average molecular weight is 282 g/mol. The Morgan fingerprint density at radius 2 is 2.21 bits per heavy atom. The van der Waals surface area contributed by atoms with E-state index in [2.05, 4.69) is 5.32 Å². The summed E-state index contributed by atoms with van der Waals surface area (Å²) < 4.78 is 26.4. The van der Waals surface area contributed by atoms with Gasteiger partial charge in [-0.25, -0.2) is 12.7 Å². The van der Waals surface area contributed by atoms with Crippen LogP contribution in [0.3, 0.4) is 0 Å². The molecule has 0 aromatic heterocycles. The summed E-state index contributed by atoms with van der Waals surface area (Å²) in [6.07, 6.45) is 1.98. The van der Waals surface area contributed by atoms with Crippen molar-refractivity contribution in [2.75, 3.05) is 20.1 Å². The van der Waals surface area contributed by atoms with E-state index in [9.17, 15) is 8.42 Å². The first-order valence-electron chi connectivity index (χ1n) is 6.71. The number of benzene rings is 1. The molecule has 5 heteroatoms. The Kier molecular flexibility index (Phi) is 4.60. The quantitative estimate of drug-likeness (QED) is 0.910. The molecule has 1 unspecified atom stereocenters. The highest BCUT2D eigenvalue weighted by Crippen LogP contribution is 2.17. The second-order valence-corrected chi connectivity index (χ2v) is 7.29. The Morgan fingerprint density at radius 3 is 2.84 bits per heavy atom. The van der Waals surface area contributed by atoms with Crippen molar-refractivity contribution < 1.29 is 8.42 Å². The number of nitrogens with zero attached hydrogens (tertiary/aromatic N) is 1. The lowest BCUT2D eigenvalue weighted by Crippen LogP contribution is -2.46. The fourth-order valence-electron chi connectivity index (χ4n) is 2.49. The van der Waals surface area contributed by atoms with Crippen molar-refractivity contribution in [3.05, 3.63) is 35.4 Å². The van der Waals surface area contributed by atoms with Gasteiger partial charge in [-0.2, -0.15) is 0 Å². The van der Waals surface area contributed by atoms with Crippen LogP contribution in [0.15, 0.2) is 24.3 Å². The molecule has 1 N–H and O–H groups in total. The maximum atomic E-state index is 12.4. The molecule has 1 fully saturated rings. The zero-order valence-electron chi connectivity index (χ0n) is 11.6. The van der Waals surface area contributed by atoms with Gasteiger partial charge in [0, 0.05) is 19.6 Å². The topological polar surface area (TPSA) is 49.4 Å². The number of nitrogens with one attached hydrogen (secondary N) is 1. The molecule has 0 spiro atoms. The minimum Gasteiger partial charge on any atom is -0.315 e. The minimum atomic E-state index is -3.24. The number of rotatable bonds is 4. The normalized spacial score (nSPS) is 20.7. The molecule has 19 heavy (non-hydrogen) atoms. The first-order chi connectivity index (χ1) is 8.99. The molecule has 1 heterocycles. The minimum absolute atomic E-state index is 0.0850. The Bertz CT molecular complexity index is 522. The number of likely N-dealkylation sites (N-methyl/N-ethyl adjacent to an activating group) is 1. The van der Waals surface area contributed by atoms with Gasteiger partial charge in [0.15, 0.2) is 0 Å². The lowest BCUT2D eigenvalue weighted by molar-refractivity contribution is 0.300. The van der Waals surface area contributed by atoms with Crippen LogP contribution in [0, 0.1) is 6.92 Å². The lowest BCUT2D eigenvalue weighted by Gasteiger charge is -2.31. The predicted molar refractivity (Wildman–Crippen MR) is 77.5 cm³/mol. The third-order valence-corrected chi connectivity index (χ3v) is 5.53. The monoisotopic (exact) mass is 282 g/mol. The van der Waals surface area contributed by atoms with Gasteiger partial charge in [-0.15, -0.1) is 0 Å². The molecule has 0 bridgehead atoms. The molecule has 0 saturated carbocycles. The molecular weight excluding hydrogens is 260 g/mol. The average Bonchev–Trinajstić information content (AvgIpc) is 2.38. The van der Waals surface area contributed by atoms with Gasteiger partial charge >= 0.3 is 0 Å². The van der Waals surface area contributed by atoms with E-state index in [4.69, 9.17) is 0 Å². The van der Waals surface area contributed by atoms with Crippen molar-refractivity contribution in [3.8, 4) is 0 Å². The Balaban J connectivity index is 2.08. The molecule has 1 aliphatic rings. The molecule has 106 valence electrons. The molecule has 2 rings (SSSR count). The van der Waals surface area contributed by atoms with Crippen molar-refractivity contribution in [2.45, 2.75) is 31.6 Å². The van der Waals surface area contributed by atoms with E-state index < -0.39 is 10.0 Å². The summed E-state index contributed by atoms with van der Waals surface area (Å²) in [5, 5.41) is 3.25. The zero-order valence-corrected chi connectivity index (χ0v) is 12.4. The van der Waals surface area contributed by atoms with E-state index >= 15 is 0 Å². The third-order valence-electron chi connectivity index (χ3n) is 3.66. The first-order valence-corrected chi connectivity index (χ1v) is 8.32. The molecule has 4 nitrogen and oxygen atoms in total. The van der Waals surface area contributed by atoms with Gasteiger partial charge in [-0.05, 0) is 31.9 Å².